The molecule has 168 valence electrons. The molecule has 3 aromatic carbocycles. The first-order chi connectivity index (χ1) is 15.0. The fourth-order valence-electron chi connectivity index (χ4n) is 2.94. The molecule has 0 aliphatic heterocycles. The van der Waals surface area contributed by atoms with Gasteiger partial charge in [-0.25, -0.2) is 13.2 Å². The van der Waals surface area contributed by atoms with Gasteiger partial charge in [-0.2, -0.15) is 13.2 Å². The Balaban J connectivity index is 2.09. The standard InChI is InChI=1S/C22H17ClF3NO4S/c1-31-21(28)16-7-10-18(11-8-16)32(29,30)27(14-15-5-3-2-4-6-15)20-12-9-17(13-19(20)23)22(24,25)26/h2-13H,14H2,1H3. The summed E-state index contributed by atoms with van der Waals surface area (Å²) in [7, 11) is -3.06. The summed E-state index contributed by atoms with van der Waals surface area (Å²) in [5.41, 5.74) is -0.363. The fourth-order valence-corrected chi connectivity index (χ4v) is 4.75. The maximum Gasteiger partial charge on any atom is 0.416 e. The molecule has 0 atom stereocenters. The number of carbonyl (C=O) groups is 1. The summed E-state index contributed by atoms with van der Waals surface area (Å²) in [5.74, 6) is -0.638. The van der Waals surface area contributed by atoms with Crippen LogP contribution in [-0.4, -0.2) is 21.5 Å². The van der Waals surface area contributed by atoms with Crippen molar-refractivity contribution in [3.63, 3.8) is 0 Å². The molecule has 0 saturated heterocycles. The molecule has 0 bridgehead atoms. The summed E-state index contributed by atoms with van der Waals surface area (Å²) in [6, 6.07) is 16.0. The smallest absolute Gasteiger partial charge is 0.416 e. The van der Waals surface area contributed by atoms with Gasteiger partial charge in [0.05, 0.1) is 40.4 Å². The van der Waals surface area contributed by atoms with E-state index in [1.165, 1.54) is 31.4 Å². The number of alkyl halides is 3. The number of sulfonamides is 1. The third-order valence-corrected chi connectivity index (χ3v) is 6.65. The number of ether oxygens (including phenoxy) is 1. The van der Waals surface area contributed by atoms with Crippen molar-refractivity contribution in [2.45, 2.75) is 17.6 Å². The van der Waals surface area contributed by atoms with Gasteiger partial charge >= 0.3 is 12.1 Å². The zero-order valence-electron chi connectivity index (χ0n) is 16.6. The van der Waals surface area contributed by atoms with E-state index in [2.05, 4.69) is 4.74 Å². The van der Waals surface area contributed by atoms with Gasteiger partial charge in [-0.15, -0.1) is 0 Å². The quantitative estimate of drug-likeness (QED) is 0.432. The molecule has 10 heteroatoms. The first-order valence-electron chi connectivity index (χ1n) is 9.16. The van der Waals surface area contributed by atoms with Crippen LogP contribution >= 0.6 is 11.6 Å². The van der Waals surface area contributed by atoms with Gasteiger partial charge in [-0.05, 0) is 48.0 Å². The number of benzene rings is 3. The zero-order chi connectivity index (χ0) is 23.5. The second kappa shape index (κ2) is 9.22. The summed E-state index contributed by atoms with van der Waals surface area (Å²) < 4.78 is 71.6. The van der Waals surface area contributed by atoms with E-state index in [0.29, 0.717) is 11.6 Å². The predicted molar refractivity (Wildman–Crippen MR) is 114 cm³/mol. The van der Waals surface area contributed by atoms with E-state index in [1.807, 2.05) is 0 Å². The van der Waals surface area contributed by atoms with Gasteiger partial charge < -0.3 is 4.74 Å². The van der Waals surface area contributed by atoms with E-state index in [9.17, 15) is 26.4 Å². The molecule has 0 N–H and O–H groups in total. The summed E-state index contributed by atoms with van der Waals surface area (Å²) in [6.07, 6.45) is -4.63. The van der Waals surface area contributed by atoms with Crippen LogP contribution < -0.4 is 4.31 Å². The normalized spacial score (nSPS) is 11.8. The number of rotatable bonds is 6. The molecule has 32 heavy (non-hydrogen) atoms. The monoisotopic (exact) mass is 483 g/mol. The van der Waals surface area contributed by atoms with Crippen molar-refractivity contribution < 1.29 is 31.1 Å². The van der Waals surface area contributed by atoms with Gasteiger partial charge in [-0.1, -0.05) is 41.9 Å². The van der Waals surface area contributed by atoms with Gasteiger partial charge in [0.25, 0.3) is 10.0 Å². The average Bonchev–Trinajstić information content (AvgIpc) is 2.77. The first kappa shape index (κ1) is 23.6. The molecule has 0 amide bonds. The molecule has 0 aliphatic carbocycles. The lowest BCUT2D eigenvalue weighted by molar-refractivity contribution is -0.137. The molecule has 0 spiro atoms. The van der Waals surface area contributed by atoms with Crippen LogP contribution in [0.25, 0.3) is 0 Å². The maximum atomic E-state index is 13.5. The number of nitrogens with zero attached hydrogens (tertiary/aromatic N) is 1. The Hall–Kier alpha value is -3.04. The molecule has 0 aliphatic rings. The number of carbonyl (C=O) groups excluding carboxylic acids is 1. The van der Waals surface area contributed by atoms with E-state index in [4.69, 9.17) is 11.6 Å². The van der Waals surface area contributed by atoms with Gasteiger partial charge in [0.1, 0.15) is 0 Å². The van der Waals surface area contributed by atoms with Crippen LogP contribution in [0.1, 0.15) is 21.5 Å². The Bertz CT molecular complexity index is 1210. The number of anilines is 1. The predicted octanol–water partition coefficient (Wildman–Crippen LogP) is 5.54. The molecule has 0 unspecified atom stereocenters. The van der Waals surface area contributed by atoms with Crippen molar-refractivity contribution in [2.75, 3.05) is 11.4 Å². The highest BCUT2D eigenvalue weighted by Crippen LogP contribution is 2.37. The third-order valence-electron chi connectivity index (χ3n) is 4.58. The fraction of sp³-hybridized carbons (Fsp3) is 0.136. The number of hydrogen-bond donors (Lipinski definition) is 0. The highest BCUT2D eigenvalue weighted by Gasteiger charge is 2.33. The summed E-state index contributed by atoms with van der Waals surface area (Å²) >= 11 is 6.11. The lowest BCUT2D eigenvalue weighted by Gasteiger charge is -2.26. The van der Waals surface area contributed by atoms with Crippen LogP contribution in [0.2, 0.25) is 5.02 Å². The Morgan fingerprint density at radius 1 is 1.00 bits per heavy atom. The average molecular weight is 484 g/mol. The van der Waals surface area contributed by atoms with Gasteiger partial charge in [-0.3, -0.25) is 4.31 Å². The molecule has 5 nitrogen and oxygen atoms in total. The van der Waals surface area contributed by atoms with Crippen LogP contribution in [0.3, 0.4) is 0 Å². The van der Waals surface area contributed by atoms with Gasteiger partial charge in [0.15, 0.2) is 0 Å². The van der Waals surface area contributed by atoms with E-state index in [-0.39, 0.29) is 27.7 Å². The minimum atomic E-state index is -4.63. The molecule has 0 heterocycles. The molecular formula is C22H17ClF3NO4S. The Kier molecular flexibility index (Phi) is 6.80. The number of methoxy groups -OCH3 is 1. The third kappa shape index (κ3) is 5.05. The zero-order valence-corrected chi connectivity index (χ0v) is 18.2. The van der Waals surface area contributed by atoms with Crippen LogP contribution in [-0.2, 0) is 27.5 Å². The van der Waals surface area contributed by atoms with Crippen LogP contribution in [0, 0.1) is 0 Å². The summed E-state index contributed by atoms with van der Waals surface area (Å²) in [6.45, 7) is -0.174. The SMILES string of the molecule is COC(=O)c1ccc(S(=O)(=O)N(Cc2ccccc2)c2ccc(C(F)(F)F)cc2Cl)cc1. The van der Waals surface area contributed by atoms with Crippen molar-refractivity contribution in [1.82, 2.24) is 0 Å². The van der Waals surface area contributed by atoms with Crippen LogP contribution in [0.4, 0.5) is 18.9 Å². The molecule has 3 aromatic rings. The topological polar surface area (TPSA) is 63.7 Å². The highest BCUT2D eigenvalue weighted by atomic mass is 35.5. The van der Waals surface area contributed by atoms with E-state index in [0.717, 1.165) is 16.4 Å². The maximum absolute atomic E-state index is 13.5. The van der Waals surface area contributed by atoms with Crippen molar-refractivity contribution in [2.24, 2.45) is 0 Å². The van der Waals surface area contributed by atoms with E-state index < -0.39 is 27.7 Å². The minimum Gasteiger partial charge on any atom is -0.465 e. The lowest BCUT2D eigenvalue weighted by Crippen LogP contribution is -2.31. The van der Waals surface area contributed by atoms with Crippen molar-refractivity contribution in [3.05, 3.63) is 94.5 Å². The Morgan fingerprint density at radius 3 is 2.16 bits per heavy atom. The summed E-state index contributed by atoms with van der Waals surface area (Å²) in [5, 5.41) is -0.370. The van der Waals surface area contributed by atoms with Crippen molar-refractivity contribution in [1.29, 1.82) is 0 Å². The Labute approximate surface area is 188 Å². The van der Waals surface area contributed by atoms with Crippen LogP contribution in [0.5, 0.6) is 0 Å². The highest BCUT2D eigenvalue weighted by molar-refractivity contribution is 7.92. The lowest BCUT2D eigenvalue weighted by atomic mass is 10.2. The van der Waals surface area contributed by atoms with Gasteiger partial charge in [0, 0.05) is 0 Å². The molecule has 0 fully saturated rings. The Morgan fingerprint density at radius 2 is 1.62 bits per heavy atom. The number of halogens is 4. The second-order valence-electron chi connectivity index (χ2n) is 6.68. The molecule has 0 radical (unpaired) electrons. The van der Waals surface area contributed by atoms with Crippen molar-refractivity contribution in [3.8, 4) is 0 Å². The first-order valence-corrected chi connectivity index (χ1v) is 11.0. The molecule has 3 rings (SSSR count). The second-order valence-corrected chi connectivity index (χ2v) is 8.95. The largest absolute Gasteiger partial charge is 0.465 e. The molecule has 0 saturated carbocycles. The molecular weight excluding hydrogens is 467 g/mol. The minimum absolute atomic E-state index is 0.111. The van der Waals surface area contributed by atoms with E-state index in [1.54, 1.807) is 30.3 Å². The van der Waals surface area contributed by atoms with Gasteiger partial charge in [0.2, 0.25) is 0 Å². The summed E-state index contributed by atoms with van der Waals surface area (Å²) in [4.78, 5) is 11.5. The van der Waals surface area contributed by atoms with E-state index >= 15 is 0 Å². The number of hydrogen-bond acceptors (Lipinski definition) is 4. The van der Waals surface area contributed by atoms with Crippen molar-refractivity contribution >= 4 is 33.3 Å². The van der Waals surface area contributed by atoms with Crippen LogP contribution in [0.15, 0.2) is 77.7 Å². The molecule has 0 aromatic heterocycles. The number of esters is 1.